The first-order valence-electron chi connectivity index (χ1n) is 5.98. The topological polar surface area (TPSA) is 78.7 Å². The van der Waals surface area contributed by atoms with Crippen LogP contribution in [0.15, 0.2) is 24.3 Å². The molecule has 0 aromatic heterocycles. The van der Waals surface area contributed by atoms with Crippen LogP contribution in [-0.4, -0.2) is 30.7 Å². The molecule has 0 aliphatic heterocycles. The third-order valence-corrected chi connectivity index (χ3v) is 2.06. The van der Waals surface area contributed by atoms with Crippen LogP contribution in [0.5, 0.6) is 0 Å². The van der Waals surface area contributed by atoms with Crippen LogP contribution in [0, 0.1) is 10.1 Å². The monoisotopic (exact) mass is 269 g/mol. The summed E-state index contributed by atoms with van der Waals surface area (Å²) in [4.78, 5) is 19.9. The standard InChI is InChI=1S/C7H5NO3.C6H14O2/c9-5-6-3-1-2-4-7(6)8(10)11;1-4-7-6(3)8-5-2/h1-5H;6H,4-5H2,1-3H3. The number of hydrogen-bond acceptors (Lipinski definition) is 5. The Bertz CT molecular complexity index is 388. The van der Waals surface area contributed by atoms with Gasteiger partial charge in [0.1, 0.15) is 0 Å². The molecule has 6 nitrogen and oxygen atoms in total. The van der Waals surface area contributed by atoms with Gasteiger partial charge in [-0.2, -0.15) is 0 Å². The molecule has 0 saturated heterocycles. The first-order valence-corrected chi connectivity index (χ1v) is 5.98. The molecule has 19 heavy (non-hydrogen) atoms. The van der Waals surface area contributed by atoms with E-state index in [0.717, 1.165) is 13.2 Å². The SMILES string of the molecule is CCOC(C)OCC.O=Cc1ccccc1[N+](=O)[O-]. The predicted molar refractivity (Wildman–Crippen MR) is 71.2 cm³/mol. The number of aldehydes is 1. The first-order chi connectivity index (χ1) is 9.06. The van der Waals surface area contributed by atoms with Crippen molar-refractivity contribution in [3.05, 3.63) is 39.9 Å². The molecule has 0 radical (unpaired) electrons. The highest BCUT2D eigenvalue weighted by Crippen LogP contribution is 2.14. The molecule has 0 unspecified atom stereocenters. The van der Waals surface area contributed by atoms with E-state index in [1.165, 1.54) is 18.2 Å². The lowest BCUT2D eigenvalue weighted by Gasteiger charge is -2.09. The molecule has 0 atom stereocenters. The normalized spacial score (nSPS) is 9.68. The van der Waals surface area contributed by atoms with Crippen LogP contribution < -0.4 is 0 Å². The fraction of sp³-hybridized carbons (Fsp3) is 0.462. The summed E-state index contributed by atoms with van der Waals surface area (Å²) >= 11 is 0. The van der Waals surface area contributed by atoms with E-state index in [1.54, 1.807) is 6.07 Å². The van der Waals surface area contributed by atoms with Crippen LogP contribution >= 0.6 is 0 Å². The molecule has 6 heteroatoms. The Kier molecular flexibility index (Phi) is 9.20. The second-order valence-electron chi connectivity index (χ2n) is 3.41. The molecule has 0 spiro atoms. The van der Waals surface area contributed by atoms with E-state index in [9.17, 15) is 14.9 Å². The van der Waals surface area contributed by atoms with Gasteiger partial charge >= 0.3 is 0 Å². The van der Waals surface area contributed by atoms with E-state index < -0.39 is 4.92 Å². The molecule has 1 rings (SSSR count). The maximum Gasteiger partial charge on any atom is 0.279 e. The first kappa shape index (κ1) is 17.2. The summed E-state index contributed by atoms with van der Waals surface area (Å²) < 4.78 is 10.1. The predicted octanol–water partition coefficient (Wildman–Crippen LogP) is 2.81. The highest BCUT2D eigenvalue weighted by Gasteiger charge is 2.09. The second kappa shape index (κ2) is 10.2. The highest BCUT2D eigenvalue weighted by molar-refractivity contribution is 5.81. The molecule has 0 bridgehead atoms. The fourth-order valence-electron chi connectivity index (χ4n) is 1.27. The van der Waals surface area contributed by atoms with E-state index in [0.29, 0.717) is 6.29 Å². The van der Waals surface area contributed by atoms with Crippen LogP contribution in [0.25, 0.3) is 0 Å². The Balaban J connectivity index is 0.000000362. The average molecular weight is 269 g/mol. The van der Waals surface area contributed by atoms with Crippen molar-refractivity contribution in [2.24, 2.45) is 0 Å². The van der Waals surface area contributed by atoms with Gasteiger partial charge in [0.25, 0.3) is 5.69 Å². The molecule has 0 N–H and O–H groups in total. The largest absolute Gasteiger partial charge is 0.353 e. The van der Waals surface area contributed by atoms with Crippen molar-refractivity contribution in [3.8, 4) is 0 Å². The van der Waals surface area contributed by atoms with Crippen molar-refractivity contribution in [1.82, 2.24) is 0 Å². The molecule has 0 heterocycles. The van der Waals surface area contributed by atoms with Crippen LogP contribution in [0.3, 0.4) is 0 Å². The molecule has 1 aromatic rings. The van der Waals surface area contributed by atoms with Crippen molar-refractivity contribution in [3.63, 3.8) is 0 Å². The van der Waals surface area contributed by atoms with Crippen LogP contribution in [0.2, 0.25) is 0 Å². The number of nitro benzene ring substituents is 1. The summed E-state index contributed by atoms with van der Waals surface area (Å²) in [6.07, 6.45) is 0.433. The lowest BCUT2D eigenvalue weighted by atomic mass is 10.2. The number of rotatable bonds is 6. The van der Waals surface area contributed by atoms with E-state index in [-0.39, 0.29) is 17.5 Å². The summed E-state index contributed by atoms with van der Waals surface area (Å²) in [6.45, 7) is 7.25. The molecule has 0 amide bonds. The Hall–Kier alpha value is -1.79. The quantitative estimate of drug-likeness (QED) is 0.343. The van der Waals surface area contributed by atoms with Crippen molar-refractivity contribution in [2.75, 3.05) is 13.2 Å². The molecular weight excluding hydrogens is 250 g/mol. The number of benzene rings is 1. The minimum atomic E-state index is -0.580. The van der Waals surface area contributed by atoms with Gasteiger partial charge in [-0.05, 0) is 26.8 Å². The van der Waals surface area contributed by atoms with Crippen molar-refractivity contribution < 1.29 is 19.2 Å². The lowest BCUT2D eigenvalue weighted by Crippen LogP contribution is -2.11. The van der Waals surface area contributed by atoms with Crippen LogP contribution in [-0.2, 0) is 9.47 Å². The highest BCUT2D eigenvalue weighted by atomic mass is 16.7. The molecular formula is C13H19NO5. The van der Waals surface area contributed by atoms with Gasteiger partial charge in [-0.15, -0.1) is 0 Å². The second-order valence-corrected chi connectivity index (χ2v) is 3.41. The van der Waals surface area contributed by atoms with Gasteiger partial charge in [-0.1, -0.05) is 12.1 Å². The number of para-hydroxylation sites is 1. The number of nitro groups is 1. The number of carbonyl (C=O) groups is 1. The smallest absolute Gasteiger partial charge is 0.279 e. The van der Waals surface area contributed by atoms with Gasteiger partial charge in [0.15, 0.2) is 12.6 Å². The summed E-state index contributed by atoms with van der Waals surface area (Å²) in [5.74, 6) is 0. The van der Waals surface area contributed by atoms with Gasteiger partial charge in [0.2, 0.25) is 0 Å². The zero-order valence-corrected chi connectivity index (χ0v) is 11.4. The number of hydrogen-bond donors (Lipinski definition) is 0. The average Bonchev–Trinajstić information content (AvgIpc) is 2.40. The Labute approximate surface area is 112 Å². The lowest BCUT2D eigenvalue weighted by molar-refractivity contribution is -0.385. The summed E-state index contributed by atoms with van der Waals surface area (Å²) in [7, 11) is 0. The maximum atomic E-state index is 10.2. The summed E-state index contributed by atoms with van der Waals surface area (Å²) in [5, 5.41) is 10.2. The Morgan fingerprint density at radius 1 is 1.26 bits per heavy atom. The fourth-order valence-corrected chi connectivity index (χ4v) is 1.27. The van der Waals surface area contributed by atoms with Gasteiger partial charge in [0, 0.05) is 19.3 Å². The minimum Gasteiger partial charge on any atom is -0.353 e. The summed E-state index contributed by atoms with van der Waals surface area (Å²) in [6, 6.07) is 5.80. The van der Waals surface area contributed by atoms with Gasteiger partial charge < -0.3 is 9.47 Å². The number of ether oxygens (including phenoxy) is 2. The zero-order chi connectivity index (χ0) is 14.7. The minimum absolute atomic E-state index is 0.0370. The Morgan fingerprint density at radius 3 is 2.16 bits per heavy atom. The third-order valence-electron chi connectivity index (χ3n) is 2.06. The number of nitrogens with zero attached hydrogens (tertiary/aromatic N) is 1. The molecule has 0 aliphatic carbocycles. The Morgan fingerprint density at radius 2 is 1.79 bits per heavy atom. The van der Waals surface area contributed by atoms with E-state index in [1.807, 2.05) is 20.8 Å². The van der Waals surface area contributed by atoms with Crippen molar-refractivity contribution in [1.29, 1.82) is 0 Å². The van der Waals surface area contributed by atoms with Crippen LogP contribution in [0.4, 0.5) is 5.69 Å². The van der Waals surface area contributed by atoms with E-state index in [4.69, 9.17) is 9.47 Å². The summed E-state index contributed by atoms with van der Waals surface area (Å²) in [5.41, 5.74) is -0.0417. The van der Waals surface area contributed by atoms with Crippen LogP contribution in [0.1, 0.15) is 31.1 Å². The zero-order valence-electron chi connectivity index (χ0n) is 11.4. The maximum absolute atomic E-state index is 10.2. The van der Waals surface area contributed by atoms with Crippen molar-refractivity contribution >= 4 is 12.0 Å². The molecule has 0 fully saturated rings. The van der Waals surface area contributed by atoms with E-state index in [2.05, 4.69) is 0 Å². The van der Waals surface area contributed by atoms with Gasteiger partial charge in [-0.3, -0.25) is 14.9 Å². The molecule has 1 aromatic carbocycles. The molecule has 0 aliphatic rings. The van der Waals surface area contributed by atoms with Crippen molar-refractivity contribution in [2.45, 2.75) is 27.1 Å². The molecule has 0 saturated carbocycles. The molecule has 106 valence electrons. The third kappa shape index (κ3) is 7.28. The number of carbonyl (C=O) groups excluding carboxylic acids is 1. The van der Waals surface area contributed by atoms with Gasteiger partial charge in [0.05, 0.1) is 10.5 Å². The van der Waals surface area contributed by atoms with Gasteiger partial charge in [-0.25, -0.2) is 0 Å². The van der Waals surface area contributed by atoms with E-state index >= 15 is 0 Å².